The molecular weight excluding hydrogens is 266 g/mol. The van der Waals surface area contributed by atoms with Gasteiger partial charge in [0.05, 0.1) is 5.69 Å². The molecule has 1 heterocycles. The van der Waals surface area contributed by atoms with Crippen LogP contribution in [0, 0.1) is 17.8 Å². The van der Waals surface area contributed by atoms with Crippen molar-refractivity contribution < 1.29 is 0 Å². The number of benzene rings is 2. The standard InChI is InChI=1S/C16H13N.C5H10/c1-17-12-15-8-3-2-6-13(15)10-11-14-7-4-5-9-16(14)17;1-4-5(2)3/h2-9H,12H2,1H3;4-5H,1H2,2-3H3. The van der Waals surface area contributed by atoms with Crippen molar-refractivity contribution >= 4 is 5.69 Å². The number of hydrogen-bond donors (Lipinski definition) is 0. The highest BCUT2D eigenvalue weighted by Gasteiger charge is 2.10. The average molecular weight is 289 g/mol. The molecule has 0 spiro atoms. The van der Waals surface area contributed by atoms with Gasteiger partial charge in [-0.2, -0.15) is 0 Å². The predicted octanol–water partition coefficient (Wildman–Crippen LogP) is 4.86. The second kappa shape index (κ2) is 7.52. The predicted molar refractivity (Wildman–Crippen MR) is 96.0 cm³/mol. The Hall–Kier alpha value is -2.46. The maximum Gasteiger partial charge on any atom is 0.0525 e. The molecule has 2 aromatic carbocycles. The number of rotatable bonds is 1. The van der Waals surface area contributed by atoms with Crippen LogP contribution >= 0.6 is 0 Å². The number of hydrogen-bond acceptors (Lipinski definition) is 1. The monoisotopic (exact) mass is 289 g/mol. The van der Waals surface area contributed by atoms with Crippen molar-refractivity contribution in [2.75, 3.05) is 11.9 Å². The third-order valence-electron chi connectivity index (χ3n) is 3.54. The normalized spacial score (nSPS) is 11.7. The number of nitrogens with zero attached hydrogens (tertiary/aromatic N) is 1. The van der Waals surface area contributed by atoms with Crippen LogP contribution in [0.3, 0.4) is 0 Å². The van der Waals surface area contributed by atoms with Crippen molar-refractivity contribution in [1.82, 2.24) is 0 Å². The van der Waals surface area contributed by atoms with Crippen molar-refractivity contribution in [3.63, 3.8) is 0 Å². The zero-order valence-corrected chi connectivity index (χ0v) is 13.6. The van der Waals surface area contributed by atoms with Crippen LogP contribution in [0.5, 0.6) is 0 Å². The summed E-state index contributed by atoms with van der Waals surface area (Å²) in [5, 5.41) is 0. The molecule has 1 nitrogen and oxygen atoms in total. The van der Waals surface area contributed by atoms with Crippen molar-refractivity contribution in [1.29, 1.82) is 0 Å². The fourth-order valence-corrected chi connectivity index (χ4v) is 2.17. The third kappa shape index (κ3) is 4.02. The molecule has 0 radical (unpaired) electrons. The summed E-state index contributed by atoms with van der Waals surface area (Å²) in [4.78, 5) is 2.25. The van der Waals surface area contributed by atoms with Crippen LogP contribution in [0.4, 0.5) is 5.69 Å². The zero-order valence-electron chi connectivity index (χ0n) is 13.6. The summed E-state index contributed by atoms with van der Waals surface area (Å²) in [6.45, 7) is 8.67. The zero-order chi connectivity index (χ0) is 15.9. The molecular formula is C21H23N. The molecule has 0 saturated heterocycles. The van der Waals surface area contributed by atoms with E-state index < -0.39 is 0 Å². The summed E-state index contributed by atoms with van der Waals surface area (Å²) in [5.41, 5.74) is 4.73. The molecule has 1 aliphatic heterocycles. The van der Waals surface area contributed by atoms with E-state index in [9.17, 15) is 0 Å². The van der Waals surface area contributed by atoms with Crippen molar-refractivity contribution in [2.45, 2.75) is 20.4 Å². The molecule has 0 atom stereocenters. The highest BCUT2D eigenvalue weighted by Crippen LogP contribution is 2.23. The Morgan fingerprint density at radius 1 is 1.00 bits per heavy atom. The van der Waals surface area contributed by atoms with E-state index in [0.29, 0.717) is 5.92 Å². The Balaban J connectivity index is 0.000000309. The van der Waals surface area contributed by atoms with Gasteiger partial charge in [0.15, 0.2) is 0 Å². The van der Waals surface area contributed by atoms with Gasteiger partial charge in [-0.1, -0.05) is 62.1 Å². The first-order chi connectivity index (χ1) is 10.6. The minimum absolute atomic E-state index is 0.648. The number of para-hydroxylation sites is 1. The molecule has 0 aliphatic carbocycles. The Bertz CT molecular complexity index is 701. The molecule has 1 heteroatoms. The van der Waals surface area contributed by atoms with Gasteiger partial charge >= 0.3 is 0 Å². The van der Waals surface area contributed by atoms with E-state index in [1.54, 1.807) is 0 Å². The molecule has 112 valence electrons. The van der Waals surface area contributed by atoms with Gasteiger partial charge in [0.1, 0.15) is 0 Å². The van der Waals surface area contributed by atoms with E-state index in [2.05, 4.69) is 80.6 Å². The van der Waals surface area contributed by atoms with Crippen molar-refractivity contribution in [2.24, 2.45) is 5.92 Å². The van der Waals surface area contributed by atoms with Crippen LogP contribution in [0.25, 0.3) is 0 Å². The number of allylic oxidation sites excluding steroid dienone is 1. The summed E-state index contributed by atoms with van der Waals surface area (Å²) in [7, 11) is 2.11. The average Bonchev–Trinajstić information content (AvgIpc) is 2.53. The molecule has 0 unspecified atom stereocenters. The van der Waals surface area contributed by atoms with Crippen LogP contribution < -0.4 is 4.90 Å². The summed E-state index contributed by atoms with van der Waals surface area (Å²) in [6, 6.07) is 16.6. The molecule has 0 fully saturated rings. The van der Waals surface area contributed by atoms with Gasteiger partial charge in [0.25, 0.3) is 0 Å². The molecule has 2 aromatic rings. The molecule has 0 bridgehead atoms. The first-order valence-corrected chi connectivity index (χ1v) is 7.64. The highest BCUT2D eigenvalue weighted by atomic mass is 15.1. The highest BCUT2D eigenvalue weighted by molar-refractivity contribution is 5.63. The molecule has 22 heavy (non-hydrogen) atoms. The minimum Gasteiger partial charge on any atom is -0.369 e. The van der Waals surface area contributed by atoms with Gasteiger partial charge in [0, 0.05) is 24.7 Å². The van der Waals surface area contributed by atoms with Crippen LogP contribution in [0.15, 0.2) is 61.2 Å². The summed E-state index contributed by atoms with van der Waals surface area (Å²) in [5.74, 6) is 7.17. The SMILES string of the molecule is C=CC(C)C.CN1Cc2ccccc2C#Cc2ccccc21. The quantitative estimate of drug-likeness (QED) is 0.535. The van der Waals surface area contributed by atoms with Gasteiger partial charge in [-0.25, -0.2) is 0 Å². The number of anilines is 1. The lowest BCUT2D eigenvalue weighted by atomic mass is 10.0. The van der Waals surface area contributed by atoms with E-state index in [1.165, 1.54) is 11.3 Å². The Kier molecular flexibility index (Phi) is 5.44. The van der Waals surface area contributed by atoms with Gasteiger partial charge in [-0.3, -0.25) is 0 Å². The van der Waals surface area contributed by atoms with Gasteiger partial charge in [-0.15, -0.1) is 6.58 Å². The molecule has 0 N–H and O–H groups in total. The fourth-order valence-electron chi connectivity index (χ4n) is 2.17. The van der Waals surface area contributed by atoms with E-state index in [0.717, 1.165) is 17.7 Å². The Morgan fingerprint density at radius 2 is 1.55 bits per heavy atom. The number of fused-ring (bicyclic) bond motifs is 2. The smallest absolute Gasteiger partial charge is 0.0525 e. The molecule has 1 aliphatic rings. The second-order valence-electron chi connectivity index (χ2n) is 5.76. The summed E-state index contributed by atoms with van der Waals surface area (Å²) >= 11 is 0. The van der Waals surface area contributed by atoms with Gasteiger partial charge < -0.3 is 4.90 Å². The van der Waals surface area contributed by atoms with E-state index >= 15 is 0 Å². The Morgan fingerprint density at radius 3 is 2.23 bits per heavy atom. The molecule has 3 rings (SSSR count). The molecule has 0 amide bonds. The lowest BCUT2D eigenvalue weighted by Gasteiger charge is -2.22. The van der Waals surface area contributed by atoms with Gasteiger partial charge in [0.2, 0.25) is 0 Å². The van der Waals surface area contributed by atoms with Crippen LogP contribution in [0.2, 0.25) is 0 Å². The molecule has 0 saturated carbocycles. The summed E-state index contributed by atoms with van der Waals surface area (Å²) in [6.07, 6.45) is 1.92. The third-order valence-corrected chi connectivity index (χ3v) is 3.54. The first kappa shape index (κ1) is 15.9. The maximum absolute atomic E-state index is 3.56. The lowest BCUT2D eigenvalue weighted by Crippen LogP contribution is -2.19. The van der Waals surface area contributed by atoms with Crippen LogP contribution in [-0.4, -0.2) is 7.05 Å². The van der Waals surface area contributed by atoms with E-state index in [1.807, 2.05) is 18.2 Å². The second-order valence-corrected chi connectivity index (χ2v) is 5.76. The van der Waals surface area contributed by atoms with Crippen LogP contribution in [-0.2, 0) is 6.54 Å². The maximum atomic E-state index is 3.56. The first-order valence-electron chi connectivity index (χ1n) is 7.64. The van der Waals surface area contributed by atoms with Crippen molar-refractivity contribution in [3.05, 3.63) is 77.9 Å². The Labute approximate surface area is 134 Å². The van der Waals surface area contributed by atoms with E-state index in [4.69, 9.17) is 0 Å². The summed E-state index contributed by atoms with van der Waals surface area (Å²) < 4.78 is 0. The van der Waals surface area contributed by atoms with Crippen LogP contribution in [0.1, 0.15) is 30.5 Å². The van der Waals surface area contributed by atoms with Gasteiger partial charge in [-0.05, 0) is 29.7 Å². The topological polar surface area (TPSA) is 3.24 Å². The fraction of sp³-hybridized carbons (Fsp3) is 0.238. The lowest BCUT2D eigenvalue weighted by molar-refractivity contribution is 0.835. The largest absolute Gasteiger partial charge is 0.369 e. The van der Waals surface area contributed by atoms with E-state index in [-0.39, 0.29) is 0 Å². The minimum atomic E-state index is 0.648. The van der Waals surface area contributed by atoms with Crippen molar-refractivity contribution in [3.8, 4) is 11.8 Å². The molecule has 0 aromatic heterocycles.